The van der Waals surface area contributed by atoms with Crippen molar-refractivity contribution in [2.24, 2.45) is 5.92 Å². The fraction of sp³-hybridized carbons (Fsp3) is 0.263. The van der Waals surface area contributed by atoms with Crippen LogP contribution >= 0.6 is 0 Å². The minimum atomic E-state index is -0.633. The van der Waals surface area contributed by atoms with Crippen LogP contribution < -0.4 is 10.6 Å². The number of nitrogens with one attached hydrogen (secondary N) is 2. The number of rotatable bonds is 5. The number of carbonyl (C=O) groups excluding carboxylic acids is 2. The highest BCUT2D eigenvalue weighted by atomic mass is 19.1. The average Bonchev–Trinajstić information content (AvgIpc) is 3.37. The molecule has 3 rings (SSSR count). The lowest BCUT2D eigenvalue weighted by atomic mass is 10.1. The molecule has 6 heteroatoms. The molecule has 0 unspecified atom stereocenters. The van der Waals surface area contributed by atoms with Gasteiger partial charge in [-0.25, -0.2) is 8.78 Å². The number of likely N-dealkylation sites (N-methyl/N-ethyl adjacent to an activating group) is 1. The van der Waals surface area contributed by atoms with Crippen LogP contribution in [0.3, 0.4) is 0 Å². The van der Waals surface area contributed by atoms with E-state index in [1.165, 1.54) is 12.1 Å². The summed E-state index contributed by atoms with van der Waals surface area (Å²) in [6, 6.07) is 10.5. The first kappa shape index (κ1) is 17.1. The van der Waals surface area contributed by atoms with Crippen LogP contribution in [0.4, 0.5) is 14.5 Å². The van der Waals surface area contributed by atoms with Crippen molar-refractivity contribution in [1.82, 2.24) is 5.32 Å². The third-order valence-electron chi connectivity index (χ3n) is 4.39. The first-order valence-electron chi connectivity index (χ1n) is 8.04. The monoisotopic (exact) mass is 344 g/mol. The first-order valence-corrected chi connectivity index (χ1v) is 8.04. The Labute approximate surface area is 144 Å². The van der Waals surface area contributed by atoms with Crippen molar-refractivity contribution >= 4 is 17.5 Å². The molecule has 130 valence electrons. The van der Waals surface area contributed by atoms with Crippen molar-refractivity contribution in [2.45, 2.75) is 18.8 Å². The van der Waals surface area contributed by atoms with E-state index in [1.807, 2.05) is 0 Å². The normalized spacial score (nSPS) is 18.5. The van der Waals surface area contributed by atoms with E-state index in [4.69, 9.17) is 0 Å². The summed E-state index contributed by atoms with van der Waals surface area (Å²) >= 11 is 0. The van der Waals surface area contributed by atoms with E-state index < -0.39 is 11.6 Å². The molecule has 2 aromatic carbocycles. The molecule has 4 nitrogen and oxygen atoms in total. The molecule has 2 aromatic rings. The Morgan fingerprint density at radius 1 is 1.16 bits per heavy atom. The van der Waals surface area contributed by atoms with Gasteiger partial charge in [-0.3, -0.25) is 9.59 Å². The summed E-state index contributed by atoms with van der Waals surface area (Å²) in [5.74, 6) is -2.23. The predicted molar refractivity (Wildman–Crippen MR) is 90.0 cm³/mol. The molecule has 2 amide bonds. The standard InChI is InChI=1S/C19H18F2N2O2/c1-22-18(24)8-11-4-2-3-5-17(11)23-19(25)15-10-14(15)13-7-6-12(20)9-16(13)21/h2-7,9,14-15H,8,10H2,1H3,(H,22,24)(H,23,25)/t14-,15-/m1/s1. The van der Waals surface area contributed by atoms with Crippen LogP contribution in [-0.2, 0) is 16.0 Å². The van der Waals surface area contributed by atoms with Gasteiger partial charge in [-0.2, -0.15) is 0 Å². The highest BCUT2D eigenvalue weighted by Crippen LogP contribution is 2.48. The van der Waals surface area contributed by atoms with Crippen molar-refractivity contribution in [3.05, 3.63) is 65.2 Å². The van der Waals surface area contributed by atoms with E-state index in [0.29, 0.717) is 23.2 Å². The number of carbonyl (C=O) groups is 2. The molecule has 0 heterocycles. The van der Waals surface area contributed by atoms with Crippen molar-refractivity contribution in [2.75, 3.05) is 12.4 Å². The Kier molecular flexibility index (Phi) is 4.79. The molecular formula is C19H18F2N2O2. The second kappa shape index (κ2) is 7.01. The minimum Gasteiger partial charge on any atom is -0.359 e. The molecule has 1 fully saturated rings. The molecule has 0 aromatic heterocycles. The van der Waals surface area contributed by atoms with Crippen molar-refractivity contribution in [3.63, 3.8) is 0 Å². The van der Waals surface area contributed by atoms with Gasteiger partial charge in [-0.15, -0.1) is 0 Å². The summed E-state index contributed by atoms with van der Waals surface area (Å²) in [6.07, 6.45) is 0.680. The molecule has 2 N–H and O–H groups in total. The van der Waals surface area contributed by atoms with Gasteiger partial charge in [-0.05, 0) is 35.6 Å². The lowest BCUT2D eigenvalue weighted by Crippen LogP contribution is -2.22. The van der Waals surface area contributed by atoms with Crippen LogP contribution in [0.25, 0.3) is 0 Å². The van der Waals surface area contributed by atoms with Crippen molar-refractivity contribution in [3.8, 4) is 0 Å². The molecular weight excluding hydrogens is 326 g/mol. The molecule has 1 aliphatic carbocycles. The molecule has 0 bridgehead atoms. The van der Waals surface area contributed by atoms with Gasteiger partial charge in [0.2, 0.25) is 11.8 Å². The van der Waals surface area contributed by atoms with E-state index in [2.05, 4.69) is 10.6 Å². The maximum atomic E-state index is 13.8. The zero-order valence-corrected chi connectivity index (χ0v) is 13.7. The van der Waals surface area contributed by atoms with E-state index in [1.54, 1.807) is 31.3 Å². The lowest BCUT2D eigenvalue weighted by molar-refractivity contribution is -0.120. The van der Waals surface area contributed by atoms with Crippen molar-refractivity contribution < 1.29 is 18.4 Å². The minimum absolute atomic E-state index is 0.153. The van der Waals surface area contributed by atoms with Crippen LogP contribution in [0.2, 0.25) is 0 Å². The van der Waals surface area contributed by atoms with Crippen molar-refractivity contribution in [1.29, 1.82) is 0 Å². The van der Waals surface area contributed by atoms with E-state index in [0.717, 1.165) is 6.07 Å². The second-order valence-electron chi connectivity index (χ2n) is 6.11. The number of anilines is 1. The summed E-state index contributed by atoms with van der Waals surface area (Å²) in [7, 11) is 1.55. The zero-order chi connectivity index (χ0) is 18.0. The molecule has 1 saturated carbocycles. The number of hydrogen-bond acceptors (Lipinski definition) is 2. The zero-order valence-electron chi connectivity index (χ0n) is 13.7. The first-order chi connectivity index (χ1) is 12.0. The average molecular weight is 344 g/mol. The molecule has 25 heavy (non-hydrogen) atoms. The SMILES string of the molecule is CNC(=O)Cc1ccccc1NC(=O)[C@@H]1C[C@@H]1c1ccc(F)cc1F. The summed E-state index contributed by atoms with van der Waals surface area (Å²) in [5.41, 5.74) is 1.64. The van der Waals surface area contributed by atoms with Gasteiger partial charge in [0.1, 0.15) is 11.6 Å². The smallest absolute Gasteiger partial charge is 0.228 e. The van der Waals surface area contributed by atoms with Crippen LogP contribution in [0.15, 0.2) is 42.5 Å². The highest BCUT2D eigenvalue weighted by Gasteiger charge is 2.45. The predicted octanol–water partition coefficient (Wildman–Crippen LogP) is 3.00. The lowest BCUT2D eigenvalue weighted by Gasteiger charge is -2.11. The van der Waals surface area contributed by atoms with Gasteiger partial charge >= 0.3 is 0 Å². The van der Waals surface area contributed by atoms with Gasteiger partial charge in [0.25, 0.3) is 0 Å². The Hall–Kier alpha value is -2.76. The van der Waals surface area contributed by atoms with Gasteiger partial charge < -0.3 is 10.6 Å². The Morgan fingerprint density at radius 3 is 2.64 bits per heavy atom. The topological polar surface area (TPSA) is 58.2 Å². The summed E-state index contributed by atoms with van der Waals surface area (Å²) in [4.78, 5) is 24.0. The van der Waals surface area contributed by atoms with E-state index in [-0.39, 0.29) is 30.1 Å². The molecule has 0 saturated heterocycles. The summed E-state index contributed by atoms with van der Waals surface area (Å²) < 4.78 is 26.8. The Morgan fingerprint density at radius 2 is 1.92 bits per heavy atom. The maximum Gasteiger partial charge on any atom is 0.228 e. The molecule has 0 radical (unpaired) electrons. The number of amides is 2. The van der Waals surface area contributed by atoms with Gasteiger partial charge in [0.05, 0.1) is 6.42 Å². The fourth-order valence-corrected chi connectivity index (χ4v) is 2.91. The largest absolute Gasteiger partial charge is 0.359 e. The number of halogens is 2. The quantitative estimate of drug-likeness (QED) is 0.876. The molecule has 0 spiro atoms. The summed E-state index contributed by atoms with van der Waals surface area (Å²) in [6.45, 7) is 0. The maximum absolute atomic E-state index is 13.8. The van der Waals surface area contributed by atoms with Gasteiger partial charge in [0.15, 0.2) is 0 Å². The summed E-state index contributed by atoms with van der Waals surface area (Å²) in [5, 5.41) is 5.36. The third kappa shape index (κ3) is 3.84. The van der Waals surface area contributed by atoms with Gasteiger partial charge in [-0.1, -0.05) is 24.3 Å². The van der Waals surface area contributed by atoms with Crippen LogP contribution in [0.5, 0.6) is 0 Å². The molecule has 1 aliphatic rings. The Bertz CT molecular complexity index is 823. The number of benzene rings is 2. The molecule has 0 aliphatic heterocycles. The molecule has 2 atom stereocenters. The van der Waals surface area contributed by atoms with Crippen LogP contribution in [-0.4, -0.2) is 18.9 Å². The van der Waals surface area contributed by atoms with E-state index in [9.17, 15) is 18.4 Å². The Balaban J connectivity index is 1.69. The fourth-order valence-electron chi connectivity index (χ4n) is 2.91. The second-order valence-corrected chi connectivity index (χ2v) is 6.11. The van der Waals surface area contributed by atoms with Crippen LogP contribution in [0.1, 0.15) is 23.5 Å². The third-order valence-corrected chi connectivity index (χ3v) is 4.39. The van der Waals surface area contributed by atoms with Gasteiger partial charge in [0, 0.05) is 24.7 Å². The number of hydrogen-bond donors (Lipinski definition) is 2. The number of para-hydroxylation sites is 1. The van der Waals surface area contributed by atoms with Crippen LogP contribution in [0, 0.1) is 17.6 Å². The van der Waals surface area contributed by atoms with E-state index >= 15 is 0 Å². The highest BCUT2D eigenvalue weighted by molar-refractivity contribution is 5.96.